The predicted molar refractivity (Wildman–Crippen MR) is 88.4 cm³/mol. The Hall–Kier alpha value is -3.15. The number of para-hydroxylation sites is 1. The second-order valence-electron chi connectivity index (χ2n) is 5.04. The summed E-state index contributed by atoms with van der Waals surface area (Å²) in [7, 11) is 1.53. The quantitative estimate of drug-likeness (QED) is 0.690. The second-order valence-corrected chi connectivity index (χ2v) is 5.04. The molecule has 3 rings (SSSR count). The standard InChI is InChI=1S/C18H16N2O4/c1-3-24-18(22)16-14-9-4-5-10-15(14)20(19-16)17(21)12-7-6-8-13(11-12)23-2/h4-11H,3H2,1-2H3. The van der Waals surface area contributed by atoms with Gasteiger partial charge in [0.1, 0.15) is 5.75 Å². The number of fused-ring (bicyclic) bond motifs is 1. The Morgan fingerprint density at radius 3 is 2.67 bits per heavy atom. The molecule has 0 fully saturated rings. The summed E-state index contributed by atoms with van der Waals surface area (Å²) in [6, 6.07) is 13.8. The van der Waals surface area contributed by atoms with Crippen molar-refractivity contribution in [2.75, 3.05) is 13.7 Å². The van der Waals surface area contributed by atoms with Crippen molar-refractivity contribution in [1.29, 1.82) is 0 Å². The number of aromatic nitrogens is 2. The molecule has 0 aliphatic rings. The van der Waals surface area contributed by atoms with Crippen molar-refractivity contribution in [2.45, 2.75) is 6.92 Å². The van der Waals surface area contributed by atoms with Crippen molar-refractivity contribution in [2.24, 2.45) is 0 Å². The highest BCUT2D eigenvalue weighted by molar-refractivity contribution is 6.07. The minimum absolute atomic E-state index is 0.128. The summed E-state index contributed by atoms with van der Waals surface area (Å²) in [4.78, 5) is 24.9. The van der Waals surface area contributed by atoms with E-state index in [0.717, 1.165) is 0 Å². The van der Waals surface area contributed by atoms with Gasteiger partial charge in [0.2, 0.25) is 0 Å². The highest BCUT2D eigenvalue weighted by Gasteiger charge is 2.22. The molecule has 6 heteroatoms. The van der Waals surface area contributed by atoms with E-state index in [0.29, 0.717) is 22.2 Å². The lowest BCUT2D eigenvalue weighted by atomic mass is 10.2. The van der Waals surface area contributed by atoms with Gasteiger partial charge in [-0.1, -0.05) is 24.3 Å². The van der Waals surface area contributed by atoms with Gasteiger partial charge in [0, 0.05) is 10.9 Å². The van der Waals surface area contributed by atoms with Crippen LogP contribution in [0, 0.1) is 0 Å². The largest absolute Gasteiger partial charge is 0.497 e. The zero-order valence-corrected chi connectivity index (χ0v) is 13.4. The third kappa shape index (κ3) is 2.74. The van der Waals surface area contributed by atoms with E-state index < -0.39 is 5.97 Å². The molecule has 6 nitrogen and oxygen atoms in total. The fourth-order valence-electron chi connectivity index (χ4n) is 2.45. The Balaban J connectivity index is 2.12. The van der Waals surface area contributed by atoms with Gasteiger partial charge in [-0.25, -0.2) is 4.79 Å². The lowest BCUT2D eigenvalue weighted by Crippen LogP contribution is -2.15. The molecule has 122 valence electrons. The SMILES string of the molecule is CCOC(=O)c1nn(C(=O)c2cccc(OC)c2)c2ccccc12. The molecule has 0 atom stereocenters. The van der Waals surface area contributed by atoms with E-state index in [2.05, 4.69) is 5.10 Å². The Kier molecular flexibility index (Phi) is 4.29. The maximum atomic E-state index is 12.8. The monoisotopic (exact) mass is 324 g/mol. The van der Waals surface area contributed by atoms with Gasteiger partial charge in [0.05, 0.1) is 19.2 Å². The number of esters is 1. The van der Waals surface area contributed by atoms with Crippen molar-refractivity contribution in [3.05, 3.63) is 59.8 Å². The zero-order chi connectivity index (χ0) is 17.1. The molecular weight excluding hydrogens is 308 g/mol. The normalized spacial score (nSPS) is 10.6. The van der Waals surface area contributed by atoms with Crippen LogP contribution in [-0.4, -0.2) is 35.4 Å². The summed E-state index contributed by atoms with van der Waals surface area (Å²) in [5, 5.41) is 4.77. The van der Waals surface area contributed by atoms with E-state index in [1.54, 1.807) is 55.5 Å². The van der Waals surface area contributed by atoms with E-state index in [1.165, 1.54) is 11.8 Å². The Labute approximate surface area is 138 Å². The molecule has 0 unspecified atom stereocenters. The van der Waals surface area contributed by atoms with Crippen molar-refractivity contribution in [1.82, 2.24) is 9.78 Å². The number of nitrogens with zero attached hydrogens (tertiary/aromatic N) is 2. The molecule has 0 radical (unpaired) electrons. The van der Waals surface area contributed by atoms with Gasteiger partial charge in [0.25, 0.3) is 5.91 Å². The molecular formula is C18H16N2O4. The average molecular weight is 324 g/mol. The molecule has 0 saturated carbocycles. The first-order valence-corrected chi connectivity index (χ1v) is 7.49. The first-order chi connectivity index (χ1) is 11.7. The maximum Gasteiger partial charge on any atom is 0.359 e. The summed E-state index contributed by atoms with van der Waals surface area (Å²) in [6.07, 6.45) is 0. The molecule has 0 aliphatic heterocycles. The molecule has 2 aromatic carbocycles. The minimum Gasteiger partial charge on any atom is -0.497 e. The fraction of sp³-hybridized carbons (Fsp3) is 0.167. The van der Waals surface area contributed by atoms with Gasteiger partial charge in [-0.05, 0) is 31.2 Å². The van der Waals surface area contributed by atoms with Gasteiger partial charge < -0.3 is 9.47 Å². The van der Waals surface area contributed by atoms with Crippen LogP contribution in [0.25, 0.3) is 10.9 Å². The predicted octanol–water partition coefficient (Wildman–Crippen LogP) is 2.91. The molecule has 0 N–H and O–H groups in total. The Morgan fingerprint density at radius 1 is 1.12 bits per heavy atom. The van der Waals surface area contributed by atoms with Gasteiger partial charge >= 0.3 is 5.97 Å². The second kappa shape index (κ2) is 6.54. The van der Waals surface area contributed by atoms with Crippen LogP contribution in [0.2, 0.25) is 0 Å². The molecule has 0 bridgehead atoms. The summed E-state index contributed by atoms with van der Waals surface area (Å²) >= 11 is 0. The van der Waals surface area contributed by atoms with Crippen LogP contribution in [0.1, 0.15) is 27.8 Å². The first-order valence-electron chi connectivity index (χ1n) is 7.49. The van der Waals surface area contributed by atoms with Crippen LogP contribution in [0.3, 0.4) is 0 Å². The molecule has 24 heavy (non-hydrogen) atoms. The number of ether oxygens (including phenoxy) is 2. The van der Waals surface area contributed by atoms with Gasteiger partial charge in [-0.2, -0.15) is 9.78 Å². The zero-order valence-electron chi connectivity index (χ0n) is 13.4. The van der Waals surface area contributed by atoms with Crippen LogP contribution in [-0.2, 0) is 4.74 Å². The minimum atomic E-state index is -0.550. The van der Waals surface area contributed by atoms with Crippen LogP contribution < -0.4 is 4.74 Å². The maximum absolute atomic E-state index is 12.8. The average Bonchev–Trinajstić information content (AvgIpc) is 3.01. The number of hydrogen-bond donors (Lipinski definition) is 0. The number of hydrogen-bond acceptors (Lipinski definition) is 5. The number of carbonyl (C=O) groups excluding carboxylic acids is 2. The number of benzene rings is 2. The molecule has 1 aromatic heterocycles. The van der Waals surface area contributed by atoms with Crippen LogP contribution in [0.4, 0.5) is 0 Å². The number of carbonyl (C=O) groups is 2. The fourth-order valence-corrected chi connectivity index (χ4v) is 2.45. The molecule has 0 aliphatic carbocycles. The number of methoxy groups -OCH3 is 1. The summed E-state index contributed by atoms with van der Waals surface area (Å²) < 4.78 is 11.4. The number of rotatable bonds is 4. The molecule has 1 heterocycles. The topological polar surface area (TPSA) is 70.4 Å². The van der Waals surface area contributed by atoms with Gasteiger partial charge in [-0.15, -0.1) is 0 Å². The Bertz CT molecular complexity index is 914. The molecule has 0 amide bonds. The van der Waals surface area contributed by atoms with Gasteiger partial charge in [0.15, 0.2) is 5.69 Å². The third-order valence-electron chi connectivity index (χ3n) is 3.57. The van der Waals surface area contributed by atoms with E-state index in [9.17, 15) is 9.59 Å². The molecule has 0 spiro atoms. The van der Waals surface area contributed by atoms with E-state index in [1.807, 2.05) is 0 Å². The van der Waals surface area contributed by atoms with Crippen molar-refractivity contribution in [3.8, 4) is 5.75 Å². The van der Waals surface area contributed by atoms with E-state index in [-0.39, 0.29) is 18.2 Å². The van der Waals surface area contributed by atoms with Crippen molar-refractivity contribution >= 4 is 22.8 Å². The van der Waals surface area contributed by atoms with E-state index >= 15 is 0 Å². The molecule has 0 saturated heterocycles. The molecule has 3 aromatic rings. The Morgan fingerprint density at radius 2 is 1.92 bits per heavy atom. The van der Waals surface area contributed by atoms with E-state index in [4.69, 9.17) is 9.47 Å². The van der Waals surface area contributed by atoms with Crippen molar-refractivity contribution in [3.63, 3.8) is 0 Å². The van der Waals surface area contributed by atoms with Crippen LogP contribution in [0.15, 0.2) is 48.5 Å². The highest BCUT2D eigenvalue weighted by Crippen LogP contribution is 2.21. The van der Waals surface area contributed by atoms with Gasteiger partial charge in [-0.3, -0.25) is 4.79 Å². The summed E-state index contributed by atoms with van der Waals surface area (Å²) in [5.74, 6) is -0.325. The first kappa shape index (κ1) is 15.7. The summed E-state index contributed by atoms with van der Waals surface area (Å²) in [5.41, 5.74) is 1.09. The third-order valence-corrected chi connectivity index (χ3v) is 3.57. The van der Waals surface area contributed by atoms with Crippen LogP contribution in [0.5, 0.6) is 5.75 Å². The lowest BCUT2D eigenvalue weighted by Gasteiger charge is -2.04. The smallest absolute Gasteiger partial charge is 0.359 e. The lowest BCUT2D eigenvalue weighted by molar-refractivity contribution is 0.0521. The highest BCUT2D eigenvalue weighted by atomic mass is 16.5. The van der Waals surface area contributed by atoms with Crippen LogP contribution >= 0.6 is 0 Å². The van der Waals surface area contributed by atoms with Crippen molar-refractivity contribution < 1.29 is 19.1 Å². The summed E-state index contributed by atoms with van der Waals surface area (Å²) in [6.45, 7) is 1.96.